The lowest BCUT2D eigenvalue weighted by molar-refractivity contribution is 0.0734. The summed E-state index contributed by atoms with van der Waals surface area (Å²) in [5, 5.41) is 5.68. The van der Waals surface area contributed by atoms with Crippen LogP contribution in [-0.4, -0.2) is 51.8 Å². The molecule has 0 unspecified atom stereocenters. The number of nitrogens with zero attached hydrogens (tertiary/aromatic N) is 5. The van der Waals surface area contributed by atoms with Crippen molar-refractivity contribution >= 4 is 34.8 Å². The molecule has 144 valence electrons. The predicted octanol–water partition coefficient (Wildman–Crippen LogP) is 3.84. The zero-order valence-corrected chi connectivity index (χ0v) is 16.9. The van der Waals surface area contributed by atoms with Crippen LogP contribution in [0.1, 0.15) is 16.4 Å². The first kappa shape index (κ1) is 18.8. The van der Waals surface area contributed by atoms with E-state index in [0.29, 0.717) is 42.7 Å². The molecule has 0 aliphatic carbocycles. The van der Waals surface area contributed by atoms with Gasteiger partial charge in [-0.15, -0.1) is 5.10 Å². The highest BCUT2D eigenvalue weighted by molar-refractivity contribution is 6.33. The summed E-state index contributed by atoms with van der Waals surface area (Å²) < 4.78 is 1.61. The molecule has 1 aliphatic rings. The molecule has 8 heteroatoms. The maximum atomic E-state index is 12.9. The van der Waals surface area contributed by atoms with Crippen molar-refractivity contribution in [1.29, 1.82) is 0 Å². The van der Waals surface area contributed by atoms with Gasteiger partial charge in [0.05, 0.1) is 21.4 Å². The van der Waals surface area contributed by atoms with Gasteiger partial charge in [0.2, 0.25) is 5.82 Å². The lowest BCUT2D eigenvalue weighted by Gasteiger charge is -2.36. The van der Waals surface area contributed by atoms with Crippen molar-refractivity contribution in [3.63, 3.8) is 0 Å². The first-order valence-electron chi connectivity index (χ1n) is 9.02. The van der Waals surface area contributed by atoms with E-state index in [1.165, 1.54) is 0 Å². The number of aromatic nitrogens is 3. The standard InChI is InChI=1S/C20H19Cl2N5O/c1-14-23-19(24-27(14)18-9-5-3-7-16(18)22)20(28)26-12-10-25(11-13-26)17-8-4-2-6-15(17)21/h2-9H,10-13H2,1H3. The first-order valence-corrected chi connectivity index (χ1v) is 9.77. The average Bonchev–Trinajstić information content (AvgIpc) is 3.10. The molecule has 0 N–H and O–H groups in total. The summed E-state index contributed by atoms with van der Waals surface area (Å²) in [4.78, 5) is 21.2. The lowest BCUT2D eigenvalue weighted by atomic mass is 10.2. The van der Waals surface area contributed by atoms with Crippen LogP contribution in [0.3, 0.4) is 0 Å². The number of rotatable bonds is 3. The van der Waals surface area contributed by atoms with E-state index in [9.17, 15) is 4.79 Å². The molecule has 1 amide bonds. The number of carbonyl (C=O) groups is 1. The Hall–Kier alpha value is -2.57. The van der Waals surface area contributed by atoms with Gasteiger partial charge in [0.25, 0.3) is 5.91 Å². The number of aryl methyl sites for hydroxylation is 1. The average molecular weight is 416 g/mol. The maximum Gasteiger partial charge on any atom is 0.293 e. The molecule has 1 saturated heterocycles. The van der Waals surface area contributed by atoms with E-state index < -0.39 is 0 Å². The number of hydrogen-bond donors (Lipinski definition) is 0. The van der Waals surface area contributed by atoms with Crippen LogP contribution in [0.25, 0.3) is 5.69 Å². The maximum absolute atomic E-state index is 12.9. The van der Waals surface area contributed by atoms with E-state index in [1.54, 1.807) is 15.6 Å². The Balaban J connectivity index is 1.49. The molecule has 4 rings (SSSR count). The number of anilines is 1. The van der Waals surface area contributed by atoms with Gasteiger partial charge in [-0.3, -0.25) is 4.79 Å². The molecule has 0 atom stereocenters. The minimum atomic E-state index is -0.173. The molecule has 0 radical (unpaired) electrons. The SMILES string of the molecule is Cc1nc(C(=O)N2CCN(c3ccccc3Cl)CC2)nn1-c1ccccc1Cl. The van der Waals surface area contributed by atoms with Gasteiger partial charge < -0.3 is 9.80 Å². The molecular weight excluding hydrogens is 397 g/mol. The predicted molar refractivity (Wildman–Crippen MR) is 111 cm³/mol. The third-order valence-electron chi connectivity index (χ3n) is 4.80. The zero-order valence-electron chi connectivity index (χ0n) is 15.3. The van der Waals surface area contributed by atoms with Gasteiger partial charge in [-0.05, 0) is 31.2 Å². The van der Waals surface area contributed by atoms with Crippen molar-refractivity contribution in [3.8, 4) is 5.69 Å². The summed E-state index contributed by atoms with van der Waals surface area (Å²) in [7, 11) is 0. The highest BCUT2D eigenvalue weighted by Gasteiger charge is 2.26. The topological polar surface area (TPSA) is 54.3 Å². The Morgan fingerprint density at radius 1 is 0.893 bits per heavy atom. The van der Waals surface area contributed by atoms with Gasteiger partial charge in [-0.1, -0.05) is 47.5 Å². The minimum absolute atomic E-state index is 0.173. The Morgan fingerprint density at radius 2 is 1.46 bits per heavy atom. The number of halogens is 2. The third kappa shape index (κ3) is 3.57. The zero-order chi connectivity index (χ0) is 19.7. The number of hydrogen-bond acceptors (Lipinski definition) is 4. The molecule has 2 heterocycles. The van der Waals surface area contributed by atoms with Crippen molar-refractivity contribution < 1.29 is 4.79 Å². The number of piperazine rings is 1. The fourth-order valence-corrected chi connectivity index (χ4v) is 3.80. The largest absolute Gasteiger partial charge is 0.367 e. The van der Waals surface area contributed by atoms with Crippen LogP contribution in [0, 0.1) is 6.92 Å². The van der Waals surface area contributed by atoms with Gasteiger partial charge in [-0.2, -0.15) is 0 Å². The van der Waals surface area contributed by atoms with Crippen LogP contribution in [0.15, 0.2) is 48.5 Å². The Bertz CT molecular complexity index is 1010. The molecule has 1 aromatic heterocycles. The monoisotopic (exact) mass is 415 g/mol. The van der Waals surface area contributed by atoms with E-state index in [2.05, 4.69) is 15.0 Å². The van der Waals surface area contributed by atoms with Gasteiger partial charge in [0.1, 0.15) is 5.82 Å². The summed E-state index contributed by atoms with van der Waals surface area (Å²) >= 11 is 12.5. The Morgan fingerprint density at radius 3 is 2.07 bits per heavy atom. The van der Waals surface area contributed by atoms with Crippen LogP contribution in [0.4, 0.5) is 5.69 Å². The normalized spacial score (nSPS) is 14.4. The van der Waals surface area contributed by atoms with Crippen molar-refractivity contribution in [2.75, 3.05) is 31.1 Å². The molecule has 3 aromatic rings. The van der Waals surface area contributed by atoms with Crippen molar-refractivity contribution in [2.45, 2.75) is 6.92 Å². The summed E-state index contributed by atoms with van der Waals surface area (Å²) in [6, 6.07) is 15.1. The summed E-state index contributed by atoms with van der Waals surface area (Å²) in [6.45, 7) is 4.40. The minimum Gasteiger partial charge on any atom is -0.367 e. The fourth-order valence-electron chi connectivity index (χ4n) is 3.33. The highest BCUT2D eigenvalue weighted by Crippen LogP contribution is 2.26. The van der Waals surface area contributed by atoms with Crippen LogP contribution in [0.5, 0.6) is 0 Å². The Kier molecular flexibility index (Phi) is 5.24. The summed E-state index contributed by atoms with van der Waals surface area (Å²) in [5.74, 6) is 0.627. The van der Waals surface area contributed by atoms with E-state index in [4.69, 9.17) is 23.2 Å². The van der Waals surface area contributed by atoms with Gasteiger partial charge >= 0.3 is 0 Å². The molecule has 2 aromatic carbocycles. The molecular formula is C20H19Cl2N5O. The second kappa shape index (κ2) is 7.81. The van der Waals surface area contributed by atoms with Crippen molar-refractivity contribution in [2.24, 2.45) is 0 Å². The van der Waals surface area contributed by atoms with E-state index in [-0.39, 0.29) is 11.7 Å². The van der Waals surface area contributed by atoms with Crippen molar-refractivity contribution in [3.05, 3.63) is 70.2 Å². The molecule has 0 spiro atoms. The van der Waals surface area contributed by atoms with E-state index in [0.717, 1.165) is 10.7 Å². The quantitative estimate of drug-likeness (QED) is 0.651. The molecule has 1 aliphatic heterocycles. The molecule has 0 saturated carbocycles. The Labute approximate surface area is 173 Å². The number of benzene rings is 2. The molecule has 6 nitrogen and oxygen atoms in total. The lowest BCUT2D eigenvalue weighted by Crippen LogP contribution is -2.49. The van der Waals surface area contributed by atoms with Gasteiger partial charge in [0, 0.05) is 26.2 Å². The first-order chi connectivity index (χ1) is 13.5. The molecule has 28 heavy (non-hydrogen) atoms. The summed E-state index contributed by atoms with van der Waals surface area (Å²) in [6.07, 6.45) is 0. The summed E-state index contributed by atoms with van der Waals surface area (Å²) in [5.41, 5.74) is 1.70. The number of amides is 1. The highest BCUT2D eigenvalue weighted by atomic mass is 35.5. The van der Waals surface area contributed by atoms with Gasteiger partial charge in [-0.25, -0.2) is 9.67 Å². The van der Waals surface area contributed by atoms with E-state index >= 15 is 0 Å². The molecule has 0 bridgehead atoms. The van der Waals surface area contributed by atoms with Crippen LogP contribution in [-0.2, 0) is 0 Å². The second-order valence-corrected chi connectivity index (χ2v) is 7.39. The van der Waals surface area contributed by atoms with Crippen LogP contribution in [0.2, 0.25) is 10.0 Å². The molecule has 1 fully saturated rings. The second-order valence-electron chi connectivity index (χ2n) is 6.58. The fraction of sp³-hybridized carbons (Fsp3) is 0.250. The van der Waals surface area contributed by atoms with E-state index in [1.807, 2.05) is 49.4 Å². The third-order valence-corrected chi connectivity index (χ3v) is 5.44. The van der Waals surface area contributed by atoms with Crippen LogP contribution < -0.4 is 4.90 Å². The van der Waals surface area contributed by atoms with Gasteiger partial charge in [0.15, 0.2) is 0 Å². The number of carbonyl (C=O) groups excluding carboxylic acids is 1. The number of para-hydroxylation sites is 2. The van der Waals surface area contributed by atoms with Crippen molar-refractivity contribution in [1.82, 2.24) is 19.7 Å². The van der Waals surface area contributed by atoms with Crippen LogP contribution >= 0.6 is 23.2 Å². The smallest absolute Gasteiger partial charge is 0.293 e.